The summed E-state index contributed by atoms with van der Waals surface area (Å²) in [6, 6.07) is 8.54. The van der Waals surface area contributed by atoms with Gasteiger partial charge in [0.25, 0.3) is 0 Å². The Morgan fingerprint density at radius 1 is 1.15 bits per heavy atom. The first-order chi connectivity index (χ1) is 12.5. The minimum absolute atomic E-state index is 0.0146. The van der Waals surface area contributed by atoms with Gasteiger partial charge in [-0.25, -0.2) is 8.42 Å². The second-order valence-corrected chi connectivity index (χ2v) is 7.97. The van der Waals surface area contributed by atoms with Crippen LogP contribution in [-0.4, -0.2) is 27.2 Å². The maximum absolute atomic E-state index is 12.7. The molecular formula is C17H14ClF3O5S. The van der Waals surface area contributed by atoms with E-state index in [1.807, 2.05) is 0 Å². The van der Waals surface area contributed by atoms with Crippen LogP contribution in [0, 0.1) is 0 Å². The topological polar surface area (TPSA) is 69.7 Å². The Balaban J connectivity index is 2.18. The molecule has 2 rings (SSSR count). The Morgan fingerprint density at radius 2 is 1.85 bits per heavy atom. The molecule has 0 heterocycles. The molecule has 0 amide bonds. The van der Waals surface area contributed by atoms with Crippen LogP contribution in [0.2, 0.25) is 5.02 Å². The summed E-state index contributed by atoms with van der Waals surface area (Å²) in [5.41, 5.74) is -0.582. The fourth-order valence-corrected chi connectivity index (χ4v) is 3.61. The number of halogens is 4. The number of methoxy groups -OCH3 is 1. The summed E-state index contributed by atoms with van der Waals surface area (Å²) < 4.78 is 71.7. The van der Waals surface area contributed by atoms with E-state index in [1.54, 1.807) is 0 Å². The summed E-state index contributed by atoms with van der Waals surface area (Å²) in [6.45, 7) is 0. The Morgan fingerprint density at radius 3 is 2.44 bits per heavy atom. The van der Waals surface area contributed by atoms with E-state index >= 15 is 0 Å². The molecule has 0 fully saturated rings. The Bertz CT molecular complexity index is 942. The number of carbonyl (C=O) groups excluding carboxylic acids is 1. The molecule has 27 heavy (non-hydrogen) atoms. The first-order valence-corrected chi connectivity index (χ1v) is 9.61. The largest absolute Gasteiger partial charge is 0.468 e. The molecule has 0 aliphatic heterocycles. The zero-order valence-corrected chi connectivity index (χ0v) is 15.5. The Labute approximate surface area is 158 Å². The lowest BCUT2D eigenvalue weighted by atomic mass is 10.2. The highest BCUT2D eigenvalue weighted by atomic mass is 35.5. The number of esters is 1. The van der Waals surface area contributed by atoms with Gasteiger partial charge in [0.1, 0.15) is 17.3 Å². The SMILES string of the molecule is COC(=O)CS(=O)(=O)Cc1cccc(Oc2ccc(C(F)(F)F)cc2Cl)c1. The van der Waals surface area contributed by atoms with Crippen LogP contribution in [0.3, 0.4) is 0 Å². The van der Waals surface area contributed by atoms with E-state index in [2.05, 4.69) is 4.74 Å². The molecule has 5 nitrogen and oxygen atoms in total. The maximum atomic E-state index is 12.7. The number of sulfone groups is 1. The van der Waals surface area contributed by atoms with Gasteiger partial charge in [-0.3, -0.25) is 4.79 Å². The monoisotopic (exact) mass is 422 g/mol. The molecular weight excluding hydrogens is 409 g/mol. The highest BCUT2D eigenvalue weighted by Crippen LogP contribution is 2.36. The van der Waals surface area contributed by atoms with Gasteiger partial charge in [-0.05, 0) is 35.9 Å². The van der Waals surface area contributed by atoms with Gasteiger partial charge >= 0.3 is 12.1 Å². The number of ether oxygens (including phenoxy) is 2. The van der Waals surface area contributed by atoms with E-state index in [1.165, 1.54) is 24.3 Å². The molecule has 0 aromatic heterocycles. The summed E-state index contributed by atoms with van der Waals surface area (Å²) in [5.74, 6) is -1.90. The van der Waals surface area contributed by atoms with Crippen molar-refractivity contribution in [1.82, 2.24) is 0 Å². The molecule has 0 bridgehead atoms. The maximum Gasteiger partial charge on any atom is 0.416 e. The second-order valence-electron chi connectivity index (χ2n) is 5.50. The summed E-state index contributed by atoms with van der Waals surface area (Å²) in [7, 11) is -2.66. The number of benzene rings is 2. The Hall–Kier alpha value is -2.26. The molecule has 0 spiro atoms. The van der Waals surface area contributed by atoms with E-state index in [4.69, 9.17) is 16.3 Å². The minimum Gasteiger partial charge on any atom is -0.468 e. The van der Waals surface area contributed by atoms with Crippen molar-refractivity contribution >= 4 is 27.4 Å². The molecule has 0 N–H and O–H groups in total. The zero-order chi connectivity index (χ0) is 20.2. The molecule has 0 aliphatic carbocycles. The van der Waals surface area contributed by atoms with E-state index in [-0.39, 0.29) is 16.5 Å². The van der Waals surface area contributed by atoms with Gasteiger partial charge in [-0.15, -0.1) is 0 Å². The number of rotatable bonds is 6. The van der Waals surface area contributed by atoms with Gasteiger partial charge in [0.2, 0.25) is 0 Å². The van der Waals surface area contributed by atoms with E-state index in [0.29, 0.717) is 5.56 Å². The highest BCUT2D eigenvalue weighted by molar-refractivity contribution is 7.91. The second kappa shape index (κ2) is 8.18. The van der Waals surface area contributed by atoms with Crippen LogP contribution in [0.25, 0.3) is 0 Å². The molecule has 0 unspecified atom stereocenters. The minimum atomic E-state index is -4.53. The normalized spacial score (nSPS) is 11.9. The molecule has 0 saturated heterocycles. The van der Waals surface area contributed by atoms with Crippen molar-refractivity contribution in [2.75, 3.05) is 12.9 Å². The van der Waals surface area contributed by atoms with Crippen LogP contribution >= 0.6 is 11.6 Å². The van der Waals surface area contributed by atoms with Crippen LogP contribution in [-0.2, 0) is 31.3 Å². The molecule has 2 aromatic rings. The predicted octanol–water partition coefficient (Wildman–Crippen LogP) is 4.24. The number of hydrogen-bond acceptors (Lipinski definition) is 5. The van der Waals surface area contributed by atoms with Crippen molar-refractivity contribution in [3.8, 4) is 11.5 Å². The first kappa shape index (κ1) is 21.0. The molecule has 0 radical (unpaired) electrons. The summed E-state index contributed by atoms with van der Waals surface area (Å²) >= 11 is 5.83. The van der Waals surface area contributed by atoms with Crippen molar-refractivity contribution in [2.45, 2.75) is 11.9 Å². The molecule has 10 heteroatoms. The van der Waals surface area contributed by atoms with Gasteiger partial charge in [-0.2, -0.15) is 13.2 Å². The lowest BCUT2D eigenvalue weighted by Gasteiger charge is -2.12. The van der Waals surface area contributed by atoms with Gasteiger partial charge in [-0.1, -0.05) is 23.7 Å². The van der Waals surface area contributed by atoms with Crippen molar-refractivity contribution in [2.24, 2.45) is 0 Å². The van der Waals surface area contributed by atoms with Gasteiger partial charge < -0.3 is 9.47 Å². The van der Waals surface area contributed by atoms with E-state index in [0.717, 1.165) is 25.3 Å². The smallest absolute Gasteiger partial charge is 0.416 e. The lowest BCUT2D eigenvalue weighted by Crippen LogP contribution is -2.18. The quantitative estimate of drug-likeness (QED) is 0.651. The van der Waals surface area contributed by atoms with Gasteiger partial charge in [0.05, 0.1) is 23.4 Å². The van der Waals surface area contributed by atoms with Crippen LogP contribution in [0.5, 0.6) is 11.5 Å². The average molecular weight is 423 g/mol. The average Bonchev–Trinajstić information content (AvgIpc) is 2.55. The standard InChI is InChI=1S/C17H14ClF3O5S/c1-25-16(22)10-27(23,24)9-11-3-2-4-13(7-11)26-15-6-5-12(8-14(15)18)17(19,20)21/h2-8H,9-10H2,1H3. The zero-order valence-electron chi connectivity index (χ0n) is 13.9. The molecule has 2 aromatic carbocycles. The Kier molecular flexibility index (Phi) is 6.38. The fraction of sp³-hybridized carbons (Fsp3) is 0.235. The van der Waals surface area contributed by atoms with Crippen LogP contribution in [0.15, 0.2) is 42.5 Å². The first-order valence-electron chi connectivity index (χ1n) is 7.41. The summed E-state index contributed by atoms with van der Waals surface area (Å²) in [5, 5.41) is -0.242. The highest BCUT2D eigenvalue weighted by Gasteiger charge is 2.31. The molecule has 146 valence electrons. The number of carbonyl (C=O) groups is 1. The van der Waals surface area contributed by atoms with Crippen molar-refractivity contribution in [3.63, 3.8) is 0 Å². The lowest BCUT2D eigenvalue weighted by molar-refractivity contribution is -0.138. The number of alkyl halides is 3. The predicted molar refractivity (Wildman–Crippen MR) is 92.5 cm³/mol. The van der Waals surface area contributed by atoms with Crippen molar-refractivity contribution in [1.29, 1.82) is 0 Å². The van der Waals surface area contributed by atoms with Crippen LogP contribution in [0.1, 0.15) is 11.1 Å². The van der Waals surface area contributed by atoms with Crippen LogP contribution < -0.4 is 4.74 Å². The van der Waals surface area contributed by atoms with Gasteiger partial charge in [0, 0.05) is 0 Å². The summed E-state index contributed by atoms with van der Waals surface area (Å²) in [4.78, 5) is 11.1. The molecule has 0 aliphatic rings. The third kappa shape index (κ3) is 6.14. The van der Waals surface area contributed by atoms with Crippen LogP contribution in [0.4, 0.5) is 13.2 Å². The molecule has 0 saturated carbocycles. The third-order valence-electron chi connectivity index (χ3n) is 3.34. The van der Waals surface area contributed by atoms with Crippen molar-refractivity contribution < 1.29 is 35.9 Å². The molecule has 0 atom stereocenters. The fourth-order valence-electron chi connectivity index (χ4n) is 2.13. The van der Waals surface area contributed by atoms with Gasteiger partial charge in [0.15, 0.2) is 9.84 Å². The van der Waals surface area contributed by atoms with E-state index < -0.39 is 39.1 Å². The summed E-state index contributed by atoms with van der Waals surface area (Å²) in [6.07, 6.45) is -4.53. The van der Waals surface area contributed by atoms with E-state index in [9.17, 15) is 26.4 Å². The van der Waals surface area contributed by atoms with Crippen molar-refractivity contribution in [3.05, 3.63) is 58.6 Å². The third-order valence-corrected chi connectivity index (χ3v) is 5.08. The number of hydrogen-bond donors (Lipinski definition) is 0.